The van der Waals surface area contributed by atoms with Gasteiger partial charge in [0.05, 0.1) is 17.1 Å². The van der Waals surface area contributed by atoms with Gasteiger partial charge < -0.3 is 9.47 Å². The molecule has 0 spiro atoms. The Labute approximate surface area is 206 Å². The van der Waals surface area contributed by atoms with Gasteiger partial charge in [0.15, 0.2) is 0 Å². The van der Waals surface area contributed by atoms with E-state index in [1.807, 2.05) is 92.5 Å². The van der Waals surface area contributed by atoms with Gasteiger partial charge in [-0.25, -0.2) is 0 Å². The Balaban J connectivity index is 1.78. The number of hydrogen-bond donors (Lipinski definition) is 0. The fourth-order valence-electron chi connectivity index (χ4n) is 4.54. The maximum Gasteiger partial charge on any atom is 0.247 e. The molecular formula is C28H32ClN3O2. The molecule has 0 aliphatic carbocycles. The number of fused-ring (bicyclic) bond motifs is 3. The zero-order valence-electron chi connectivity index (χ0n) is 20.3. The van der Waals surface area contributed by atoms with E-state index in [-0.39, 0.29) is 24.4 Å². The lowest BCUT2D eigenvalue weighted by Crippen LogP contribution is -2.49. The van der Waals surface area contributed by atoms with Crippen molar-refractivity contribution in [2.24, 2.45) is 5.41 Å². The molecule has 0 saturated heterocycles. The highest BCUT2D eigenvalue weighted by atomic mass is 35.5. The smallest absolute Gasteiger partial charge is 0.247 e. The molecule has 1 unspecified atom stereocenters. The predicted molar refractivity (Wildman–Crippen MR) is 137 cm³/mol. The lowest BCUT2D eigenvalue weighted by atomic mass is 9.94. The van der Waals surface area contributed by atoms with Crippen LogP contribution in [0, 0.1) is 5.41 Å². The summed E-state index contributed by atoms with van der Waals surface area (Å²) in [6.45, 7) is 8.40. The summed E-state index contributed by atoms with van der Waals surface area (Å²) >= 11 is 6.17. The molecule has 3 aromatic rings. The predicted octanol–water partition coefficient (Wildman–Crippen LogP) is 6.24. The Kier molecular flexibility index (Phi) is 6.85. The van der Waals surface area contributed by atoms with Crippen LogP contribution in [0.5, 0.6) is 0 Å². The van der Waals surface area contributed by atoms with Crippen molar-refractivity contribution in [2.75, 3.05) is 18.0 Å². The number of anilines is 1. The number of benzene rings is 2. The highest BCUT2D eigenvalue weighted by Gasteiger charge is 2.37. The fraction of sp³-hybridized carbons (Fsp3) is 0.357. The third kappa shape index (κ3) is 4.62. The quantitative estimate of drug-likeness (QED) is 0.421. The average Bonchev–Trinajstić information content (AvgIpc) is 3.30. The number of para-hydroxylation sites is 2. The van der Waals surface area contributed by atoms with E-state index in [4.69, 9.17) is 11.6 Å². The molecule has 0 bridgehead atoms. The minimum Gasteiger partial charge on any atom is -0.333 e. The van der Waals surface area contributed by atoms with Gasteiger partial charge in [0.1, 0.15) is 12.6 Å². The maximum atomic E-state index is 14.0. The molecule has 1 aromatic heterocycles. The summed E-state index contributed by atoms with van der Waals surface area (Å²) in [5.41, 5.74) is 3.18. The van der Waals surface area contributed by atoms with Crippen LogP contribution in [0.1, 0.15) is 57.8 Å². The summed E-state index contributed by atoms with van der Waals surface area (Å²) in [7, 11) is 0. The summed E-state index contributed by atoms with van der Waals surface area (Å²) in [4.78, 5) is 30.8. The second-order valence-corrected chi connectivity index (χ2v) is 10.3. The van der Waals surface area contributed by atoms with Crippen molar-refractivity contribution in [3.63, 3.8) is 0 Å². The number of unbranched alkanes of at least 4 members (excludes halogenated alkanes) is 1. The first kappa shape index (κ1) is 24.1. The van der Waals surface area contributed by atoms with E-state index in [2.05, 4.69) is 11.5 Å². The van der Waals surface area contributed by atoms with Crippen LogP contribution in [0.4, 0.5) is 5.69 Å². The van der Waals surface area contributed by atoms with E-state index < -0.39 is 5.41 Å². The van der Waals surface area contributed by atoms with E-state index in [0.717, 1.165) is 35.5 Å². The highest BCUT2D eigenvalue weighted by molar-refractivity contribution is 6.30. The summed E-state index contributed by atoms with van der Waals surface area (Å²) < 4.78 is 2.13. The molecule has 4 rings (SSSR count). The Morgan fingerprint density at radius 2 is 1.65 bits per heavy atom. The van der Waals surface area contributed by atoms with Gasteiger partial charge in [-0.1, -0.05) is 70.0 Å². The largest absolute Gasteiger partial charge is 0.333 e. The topological polar surface area (TPSA) is 45.6 Å². The molecular weight excluding hydrogens is 446 g/mol. The number of rotatable bonds is 6. The Morgan fingerprint density at radius 1 is 0.971 bits per heavy atom. The Bertz CT molecular complexity index is 1180. The number of halogens is 1. The van der Waals surface area contributed by atoms with Gasteiger partial charge >= 0.3 is 0 Å². The van der Waals surface area contributed by atoms with Crippen molar-refractivity contribution in [3.8, 4) is 5.69 Å². The lowest BCUT2D eigenvalue weighted by Gasteiger charge is -2.40. The van der Waals surface area contributed by atoms with Gasteiger partial charge in [0.25, 0.3) is 0 Å². The molecule has 0 fully saturated rings. The summed E-state index contributed by atoms with van der Waals surface area (Å²) in [6, 6.07) is 19.3. The molecule has 6 heteroatoms. The second kappa shape index (κ2) is 9.67. The molecule has 2 aromatic carbocycles. The van der Waals surface area contributed by atoms with Crippen LogP contribution < -0.4 is 4.90 Å². The van der Waals surface area contributed by atoms with Gasteiger partial charge in [-0.05, 0) is 48.4 Å². The summed E-state index contributed by atoms with van der Waals surface area (Å²) in [5, 5.41) is 0.648. The van der Waals surface area contributed by atoms with E-state index >= 15 is 0 Å². The molecule has 2 amide bonds. The minimum absolute atomic E-state index is 0.00832. The molecule has 1 atom stereocenters. The first-order chi connectivity index (χ1) is 16.2. The normalized spacial score (nSPS) is 15.0. The van der Waals surface area contributed by atoms with Crippen LogP contribution in [0.2, 0.25) is 5.02 Å². The van der Waals surface area contributed by atoms with E-state index in [0.29, 0.717) is 11.6 Å². The van der Waals surface area contributed by atoms with Gasteiger partial charge in [0, 0.05) is 23.2 Å². The van der Waals surface area contributed by atoms with Gasteiger partial charge in [-0.2, -0.15) is 0 Å². The molecule has 0 N–H and O–H groups in total. The molecule has 0 radical (unpaired) electrons. The number of carbonyl (C=O) groups excluding carboxylic acids is 2. The van der Waals surface area contributed by atoms with Crippen molar-refractivity contribution in [3.05, 3.63) is 83.1 Å². The zero-order valence-corrected chi connectivity index (χ0v) is 21.0. The fourth-order valence-corrected chi connectivity index (χ4v) is 4.66. The average molecular weight is 478 g/mol. The van der Waals surface area contributed by atoms with Gasteiger partial charge in [-0.15, -0.1) is 0 Å². The van der Waals surface area contributed by atoms with Crippen LogP contribution in [0.3, 0.4) is 0 Å². The van der Waals surface area contributed by atoms with Crippen LogP contribution in [-0.4, -0.2) is 34.4 Å². The molecule has 34 heavy (non-hydrogen) atoms. The minimum atomic E-state index is -0.557. The number of nitrogens with zero attached hydrogens (tertiary/aromatic N) is 3. The monoisotopic (exact) mass is 477 g/mol. The molecule has 1 aliphatic rings. The molecule has 5 nitrogen and oxygen atoms in total. The van der Waals surface area contributed by atoms with Crippen LogP contribution >= 0.6 is 11.6 Å². The molecule has 178 valence electrons. The van der Waals surface area contributed by atoms with Gasteiger partial charge in [0.2, 0.25) is 11.8 Å². The van der Waals surface area contributed by atoms with Crippen molar-refractivity contribution < 1.29 is 9.59 Å². The number of carbonyl (C=O) groups is 2. The standard InChI is InChI=1S/C28H32ClN3O2/c1-5-6-17-30(27(34)28(2,3)4)19-25(33)32-23-11-8-7-10-22(23)31-18-9-12-24(31)26(32)20-13-15-21(29)16-14-20/h7-16,18,26H,5-6,17,19H2,1-4H3. The SMILES string of the molecule is CCCCN(CC(=O)N1c2ccccc2-n2cccc2C1c1ccc(Cl)cc1)C(=O)C(C)(C)C. The first-order valence-electron chi connectivity index (χ1n) is 11.9. The van der Waals surface area contributed by atoms with Crippen LogP contribution in [0.25, 0.3) is 5.69 Å². The Morgan fingerprint density at radius 3 is 2.29 bits per heavy atom. The lowest BCUT2D eigenvalue weighted by molar-refractivity contribution is -0.142. The molecule has 2 heterocycles. The maximum absolute atomic E-state index is 14.0. The third-order valence-electron chi connectivity index (χ3n) is 6.21. The molecule has 1 aliphatic heterocycles. The van der Waals surface area contributed by atoms with Crippen molar-refractivity contribution in [1.29, 1.82) is 0 Å². The summed E-state index contributed by atoms with van der Waals surface area (Å²) in [5.74, 6) is -0.112. The van der Waals surface area contributed by atoms with E-state index in [1.165, 1.54) is 0 Å². The second-order valence-electron chi connectivity index (χ2n) is 9.84. The Hall–Kier alpha value is -3.05. The van der Waals surface area contributed by atoms with E-state index in [9.17, 15) is 9.59 Å². The number of hydrogen-bond acceptors (Lipinski definition) is 2. The number of amides is 2. The van der Waals surface area contributed by atoms with Crippen LogP contribution in [-0.2, 0) is 9.59 Å². The first-order valence-corrected chi connectivity index (χ1v) is 12.2. The highest BCUT2D eigenvalue weighted by Crippen LogP contribution is 2.42. The summed E-state index contributed by atoms with van der Waals surface area (Å²) in [6.07, 6.45) is 3.83. The zero-order chi connectivity index (χ0) is 24.5. The van der Waals surface area contributed by atoms with E-state index in [1.54, 1.807) is 4.90 Å². The van der Waals surface area contributed by atoms with Crippen molar-refractivity contribution in [1.82, 2.24) is 9.47 Å². The molecule has 0 saturated carbocycles. The van der Waals surface area contributed by atoms with Crippen molar-refractivity contribution in [2.45, 2.75) is 46.6 Å². The van der Waals surface area contributed by atoms with Gasteiger partial charge in [-0.3, -0.25) is 14.5 Å². The van der Waals surface area contributed by atoms with Crippen molar-refractivity contribution >= 4 is 29.1 Å². The third-order valence-corrected chi connectivity index (χ3v) is 6.46. The van der Waals surface area contributed by atoms with Crippen LogP contribution in [0.15, 0.2) is 66.9 Å². The number of aromatic nitrogens is 1.